The summed E-state index contributed by atoms with van der Waals surface area (Å²) in [4.78, 5) is 14.7. The predicted molar refractivity (Wildman–Crippen MR) is 91.0 cm³/mol. The Labute approximate surface area is 134 Å². The van der Waals surface area contributed by atoms with Crippen molar-refractivity contribution in [3.63, 3.8) is 0 Å². The molecule has 0 aliphatic carbocycles. The molecule has 0 bridgehead atoms. The van der Waals surface area contributed by atoms with E-state index in [1.165, 1.54) is 5.56 Å². The zero-order valence-corrected chi connectivity index (χ0v) is 13.2. The van der Waals surface area contributed by atoms with Crippen LogP contribution in [0.25, 0.3) is 22.2 Å². The summed E-state index contributed by atoms with van der Waals surface area (Å²) in [5, 5.41) is 10.3. The maximum atomic E-state index is 11.3. The Morgan fingerprint density at radius 2 is 1.91 bits per heavy atom. The Morgan fingerprint density at radius 1 is 1.17 bits per heavy atom. The Kier molecular flexibility index (Phi) is 4.06. The number of carbonyl (C=O) groups is 1. The monoisotopic (exact) mass is 309 g/mol. The van der Waals surface area contributed by atoms with Crippen molar-refractivity contribution >= 4 is 16.9 Å². The third-order valence-corrected chi connectivity index (χ3v) is 4.09. The van der Waals surface area contributed by atoms with E-state index in [1.54, 1.807) is 7.11 Å². The molecule has 0 aliphatic rings. The number of aromatic nitrogens is 1. The van der Waals surface area contributed by atoms with Crippen LogP contribution in [0, 0.1) is 0 Å². The summed E-state index contributed by atoms with van der Waals surface area (Å²) in [7, 11) is 1.63. The molecule has 0 saturated carbocycles. The van der Waals surface area contributed by atoms with E-state index in [0.29, 0.717) is 0 Å². The number of aromatic amines is 1. The van der Waals surface area contributed by atoms with E-state index >= 15 is 0 Å². The zero-order chi connectivity index (χ0) is 16.4. The number of carboxylic acid groups (broad SMARTS) is 1. The van der Waals surface area contributed by atoms with E-state index in [4.69, 9.17) is 4.74 Å². The topological polar surface area (TPSA) is 62.3 Å². The van der Waals surface area contributed by atoms with Crippen LogP contribution >= 0.6 is 0 Å². The minimum absolute atomic E-state index is 0.00543. The van der Waals surface area contributed by atoms with Gasteiger partial charge in [-0.1, -0.05) is 13.0 Å². The van der Waals surface area contributed by atoms with Crippen molar-refractivity contribution in [1.82, 2.24) is 4.98 Å². The molecule has 0 fully saturated rings. The first-order valence-corrected chi connectivity index (χ1v) is 7.62. The van der Waals surface area contributed by atoms with Crippen LogP contribution in [0.3, 0.4) is 0 Å². The third-order valence-electron chi connectivity index (χ3n) is 4.09. The number of aliphatic carboxylic acids is 1. The summed E-state index contributed by atoms with van der Waals surface area (Å²) in [6.07, 6.45) is 0.917. The molecule has 0 unspecified atom stereocenters. The molecule has 4 heteroatoms. The second kappa shape index (κ2) is 6.16. The van der Waals surface area contributed by atoms with Crippen molar-refractivity contribution in [2.45, 2.75) is 19.8 Å². The molecule has 0 radical (unpaired) electrons. The standard InChI is InChI=1S/C19H19NO3/c1-3-12-4-9-17-15(10-12)16(11-18(21)22)19(20-17)13-5-7-14(23-2)8-6-13/h4-10,20H,3,11H2,1-2H3,(H,21,22). The molecule has 118 valence electrons. The summed E-state index contributed by atoms with van der Waals surface area (Å²) >= 11 is 0. The van der Waals surface area contributed by atoms with E-state index in [-0.39, 0.29) is 6.42 Å². The lowest BCUT2D eigenvalue weighted by Gasteiger charge is -2.05. The minimum atomic E-state index is -0.831. The fourth-order valence-electron chi connectivity index (χ4n) is 2.85. The lowest BCUT2D eigenvalue weighted by atomic mass is 10.0. The molecule has 3 rings (SSSR count). The largest absolute Gasteiger partial charge is 0.497 e. The van der Waals surface area contributed by atoms with Crippen LogP contribution in [0.5, 0.6) is 5.75 Å². The first kappa shape index (κ1) is 15.2. The molecule has 0 aliphatic heterocycles. The van der Waals surface area contributed by atoms with Gasteiger partial charge in [0.25, 0.3) is 0 Å². The molecule has 0 saturated heterocycles. The number of methoxy groups -OCH3 is 1. The number of benzene rings is 2. The molecular weight excluding hydrogens is 290 g/mol. The Balaban J connectivity index is 2.19. The highest BCUT2D eigenvalue weighted by atomic mass is 16.5. The zero-order valence-electron chi connectivity index (χ0n) is 13.2. The lowest BCUT2D eigenvalue weighted by molar-refractivity contribution is -0.136. The number of hydrogen-bond donors (Lipinski definition) is 2. The molecule has 0 spiro atoms. The summed E-state index contributed by atoms with van der Waals surface area (Å²) in [6, 6.07) is 13.8. The summed E-state index contributed by atoms with van der Waals surface area (Å²) < 4.78 is 5.18. The van der Waals surface area contributed by atoms with Crippen LogP contribution in [0.2, 0.25) is 0 Å². The van der Waals surface area contributed by atoms with Crippen LogP contribution in [0.4, 0.5) is 0 Å². The van der Waals surface area contributed by atoms with Crippen LogP contribution in [-0.2, 0) is 17.6 Å². The second-order valence-electron chi connectivity index (χ2n) is 5.51. The molecule has 2 aromatic carbocycles. The van der Waals surface area contributed by atoms with Crippen molar-refractivity contribution in [1.29, 1.82) is 0 Å². The van der Waals surface area contributed by atoms with Crippen molar-refractivity contribution < 1.29 is 14.6 Å². The van der Waals surface area contributed by atoms with Crippen molar-refractivity contribution in [3.8, 4) is 17.0 Å². The van der Waals surface area contributed by atoms with Gasteiger partial charge in [-0.2, -0.15) is 0 Å². The third kappa shape index (κ3) is 2.93. The molecule has 23 heavy (non-hydrogen) atoms. The maximum Gasteiger partial charge on any atom is 0.307 e. The molecule has 0 atom stereocenters. The van der Waals surface area contributed by atoms with E-state index in [0.717, 1.165) is 39.9 Å². The first-order chi connectivity index (χ1) is 11.1. The molecule has 1 heterocycles. The van der Waals surface area contributed by atoms with E-state index < -0.39 is 5.97 Å². The van der Waals surface area contributed by atoms with E-state index in [2.05, 4.69) is 24.0 Å². The van der Waals surface area contributed by atoms with Crippen LogP contribution in [-0.4, -0.2) is 23.2 Å². The lowest BCUT2D eigenvalue weighted by Crippen LogP contribution is -2.01. The second-order valence-corrected chi connectivity index (χ2v) is 5.51. The minimum Gasteiger partial charge on any atom is -0.497 e. The van der Waals surface area contributed by atoms with E-state index in [9.17, 15) is 9.90 Å². The number of hydrogen-bond acceptors (Lipinski definition) is 2. The first-order valence-electron chi connectivity index (χ1n) is 7.62. The smallest absolute Gasteiger partial charge is 0.307 e. The average molecular weight is 309 g/mol. The van der Waals surface area contributed by atoms with Gasteiger partial charge in [0.2, 0.25) is 0 Å². The Bertz CT molecular complexity index is 847. The Hall–Kier alpha value is -2.75. The maximum absolute atomic E-state index is 11.3. The number of nitrogens with one attached hydrogen (secondary N) is 1. The normalized spacial score (nSPS) is 10.9. The number of ether oxygens (including phenoxy) is 1. The molecule has 0 amide bonds. The molecule has 3 aromatic rings. The molecule has 2 N–H and O–H groups in total. The fourth-order valence-corrected chi connectivity index (χ4v) is 2.85. The molecule has 1 aromatic heterocycles. The van der Waals surface area contributed by atoms with Gasteiger partial charge in [-0.25, -0.2) is 0 Å². The van der Waals surface area contributed by atoms with Crippen LogP contribution in [0.15, 0.2) is 42.5 Å². The number of rotatable bonds is 5. The van der Waals surface area contributed by atoms with Gasteiger partial charge in [-0.05, 0) is 59.5 Å². The summed E-state index contributed by atoms with van der Waals surface area (Å²) in [6.45, 7) is 2.09. The fraction of sp³-hybridized carbons (Fsp3) is 0.211. The average Bonchev–Trinajstić information content (AvgIpc) is 2.92. The number of aryl methyl sites for hydroxylation is 1. The van der Waals surface area contributed by atoms with Crippen molar-refractivity contribution in [2.75, 3.05) is 7.11 Å². The number of fused-ring (bicyclic) bond motifs is 1. The van der Waals surface area contributed by atoms with Gasteiger partial charge < -0.3 is 14.8 Å². The quantitative estimate of drug-likeness (QED) is 0.748. The highest BCUT2D eigenvalue weighted by Crippen LogP contribution is 2.32. The van der Waals surface area contributed by atoms with Crippen LogP contribution in [0.1, 0.15) is 18.1 Å². The highest BCUT2D eigenvalue weighted by molar-refractivity contribution is 5.94. The molecular formula is C19H19NO3. The summed E-state index contributed by atoms with van der Waals surface area (Å²) in [5.74, 6) is -0.0551. The SMILES string of the molecule is CCc1ccc2[nH]c(-c3ccc(OC)cc3)c(CC(=O)O)c2c1. The van der Waals surface area contributed by atoms with Gasteiger partial charge in [0.15, 0.2) is 0 Å². The van der Waals surface area contributed by atoms with E-state index in [1.807, 2.05) is 30.3 Å². The van der Waals surface area contributed by atoms with Crippen molar-refractivity contribution in [3.05, 3.63) is 53.6 Å². The van der Waals surface area contributed by atoms with Gasteiger partial charge in [-0.15, -0.1) is 0 Å². The van der Waals surface area contributed by atoms with Gasteiger partial charge in [-0.3, -0.25) is 4.79 Å². The van der Waals surface area contributed by atoms with Gasteiger partial charge in [0.1, 0.15) is 5.75 Å². The van der Waals surface area contributed by atoms with Gasteiger partial charge >= 0.3 is 5.97 Å². The number of carboxylic acids is 1. The number of H-pyrrole nitrogens is 1. The Morgan fingerprint density at radius 3 is 2.52 bits per heavy atom. The predicted octanol–water partition coefficient (Wildman–Crippen LogP) is 4.03. The summed E-state index contributed by atoms with van der Waals surface area (Å²) in [5.41, 5.74) is 4.80. The molecule has 4 nitrogen and oxygen atoms in total. The van der Waals surface area contributed by atoms with Gasteiger partial charge in [0, 0.05) is 10.9 Å². The van der Waals surface area contributed by atoms with Gasteiger partial charge in [0.05, 0.1) is 19.2 Å². The highest BCUT2D eigenvalue weighted by Gasteiger charge is 2.16. The van der Waals surface area contributed by atoms with Crippen molar-refractivity contribution in [2.24, 2.45) is 0 Å². The van der Waals surface area contributed by atoms with Crippen LogP contribution < -0.4 is 4.74 Å².